The van der Waals surface area contributed by atoms with Crippen LogP contribution >= 0.6 is 11.5 Å². The molecule has 0 aliphatic rings. The van der Waals surface area contributed by atoms with E-state index in [4.69, 9.17) is 0 Å². The Hall–Kier alpha value is -0.480. The minimum atomic E-state index is 0.507. The van der Waals surface area contributed by atoms with Gasteiger partial charge in [-0.15, -0.1) is 0 Å². The van der Waals surface area contributed by atoms with Crippen LogP contribution in [-0.2, 0) is 12.8 Å². The monoisotopic (exact) mass is 227 g/mol. The van der Waals surface area contributed by atoms with Gasteiger partial charge < -0.3 is 5.32 Å². The predicted octanol–water partition coefficient (Wildman–Crippen LogP) is 2.42. The standard InChI is InChI=1S/C11H21N3S/c1-4-6-10-13-11(15-14-10)8-9(3)12-7-5-2/h9,12H,4-8H2,1-3H3. The third-order valence-corrected chi connectivity index (χ3v) is 2.98. The summed E-state index contributed by atoms with van der Waals surface area (Å²) in [6, 6.07) is 0.507. The molecule has 0 aliphatic carbocycles. The van der Waals surface area contributed by atoms with E-state index in [1.54, 1.807) is 11.5 Å². The molecule has 0 aromatic carbocycles. The largest absolute Gasteiger partial charge is 0.314 e. The summed E-state index contributed by atoms with van der Waals surface area (Å²) in [5, 5.41) is 4.62. The molecule has 0 aliphatic heterocycles. The highest BCUT2D eigenvalue weighted by atomic mass is 32.1. The second-order valence-electron chi connectivity index (χ2n) is 3.91. The normalized spacial score (nSPS) is 13.0. The Morgan fingerprint density at radius 3 is 2.80 bits per heavy atom. The van der Waals surface area contributed by atoms with E-state index in [1.165, 1.54) is 6.42 Å². The third kappa shape index (κ3) is 4.71. The van der Waals surface area contributed by atoms with E-state index in [0.29, 0.717) is 6.04 Å². The Labute approximate surface area is 96.5 Å². The zero-order chi connectivity index (χ0) is 11.1. The number of nitrogens with zero attached hydrogens (tertiary/aromatic N) is 2. The Morgan fingerprint density at radius 2 is 2.13 bits per heavy atom. The second kappa shape index (κ2) is 6.90. The van der Waals surface area contributed by atoms with Crippen molar-refractivity contribution in [3.8, 4) is 0 Å². The van der Waals surface area contributed by atoms with Crippen molar-refractivity contribution < 1.29 is 0 Å². The van der Waals surface area contributed by atoms with E-state index < -0.39 is 0 Å². The van der Waals surface area contributed by atoms with Crippen LogP contribution in [0, 0.1) is 0 Å². The first-order chi connectivity index (χ1) is 7.26. The van der Waals surface area contributed by atoms with E-state index in [0.717, 1.165) is 36.6 Å². The highest BCUT2D eigenvalue weighted by Gasteiger charge is 2.07. The molecular weight excluding hydrogens is 206 g/mol. The number of aryl methyl sites for hydroxylation is 1. The van der Waals surface area contributed by atoms with Gasteiger partial charge in [-0.25, -0.2) is 4.98 Å². The lowest BCUT2D eigenvalue weighted by Gasteiger charge is -2.10. The van der Waals surface area contributed by atoms with E-state index >= 15 is 0 Å². The van der Waals surface area contributed by atoms with Gasteiger partial charge in [0.2, 0.25) is 0 Å². The Kier molecular flexibility index (Phi) is 5.79. The van der Waals surface area contributed by atoms with E-state index in [1.807, 2.05) is 0 Å². The van der Waals surface area contributed by atoms with Crippen molar-refractivity contribution in [2.45, 2.75) is 52.5 Å². The van der Waals surface area contributed by atoms with Crippen molar-refractivity contribution in [2.24, 2.45) is 0 Å². The quantitative estimate of drug-likeness (QED) is 0.777. The maximum atomic E-state index is 4.52. The summed E-state index contributed by atoms with van der Waals surface area (Å²) >= 11 is 1.55. The molecule has 1 aromatic heterocycles. The summed E-state index contributed by atoms with van der Waals surface area (Å²) in [6.45, 7) is 7.63. The zero-order valence-corrected chi connectivity index (χ0v) is 10.7. The maximum Gasteiger partial charge on any atom is 0.142 e. The van der Waals surface area contributed by atoms with Crippen molar-refractivity contribution >= 4 is 11.5 Å². The lowest BCUT2D eigenvalue weighted by atomic mass is 10.2. The number of aromatic nitrogens is 2. The lowest BCUT2D eigenvalue weighted by Crippen LogP contribution is -2.28. The molecule has 1 heterocycles. The first kappa shape index (κ1) is 12.6. The van der Waals surface area contributed by atoms with Crippen LogP contribution in [0.25, 0.3) is 0 Å². The first-order valence-corrected chi connectivity index (χ1v) is 6.58. The van der Waals surface area contributed by atoms with Gasteiger partial charge in [-0.2, -0.15) is 4.37 Å². The molecule has 1 unspecified atom stereocenters. The third-order valence-electron chi connectivity index (χ3n) is 2.21. The average molecular weight is 227 g/mol. The molecule has 4 heteroatoms. The minimum absolute atomic E-state index is 0.507. The van der Waals surface area contributed by atoms with Gasteiger partial charge in [0.15, 0.2) is 0 Å². The molecule has 3 nitrogen and oxygen atoms in total. The Balaban J connectivity index is 2.35. The molecule has 1 aromatic rings. The van der Waals surface area contributed by atoms with Crippen LogP contribution in [0.1, 0.15) is 44.4 Å². The molecule has 15 heavy (non-hydrogen) atoms. The van der Waals surface area contributed by atoms with Crippen LogP contribution in [-0.4, -0.2) is 21.9 Å². The molecule has 1 rings (SSSR count). The van der Waals surface area contributed by atoms with E-state index in [2.05, 4.69) is 35.4 Å². The van der Waals surface area contributed by atoms with Gasteiger partial charge in [-0.1, -0.05) is 13.8 Å². The topological polar surface area (TPSA) is 37.8 Å². The van der Waals surface area contributed by atoms with Gasteiger partial charge in [-0.05, 0) is 37.8 Å². The van der Waals surface area contributed by atoms with Crippen LogP contribution < -0.4 is 5.32 Å². The summed E-state index contributed by atoms with van der Waals surface area (Å²) in [7, 11) is 0. The lowest BCUT2D eigenvalue weighted by molar-refractivity contribution is 0.542. The maximum absolute atomic E-state index is 4.52. The fourth-order valence-corrected chi connectivity index (χ4v) is 2.24. The SMILES string of the molecule is CCCNC(C)Cc1nc(CCC)ns1. The molecule has 0 bridgehead atoms. The summed E-state index contributed by atoms with van der Waals surface area (Å²) in [4.78, 5) is 4.52. The molecular formula is C11H21N3S. The van der Waals surface area contributed by atoms with Crippen LogP contribution in [0.2, 0.25) is 0 Å². The summed E-state index contributed by atoms with van der Waals surface area (Å²) in [6.07, 6.45) is 4.32. The summed E-state index contributed by atoms with van der Waals surface area (Å²) < 4.78 is 4.34. The molecule has 0 spiro atoms. The van der Waals surface area contributed by atoms with Crippen LogP contribution in [0.3, 0.4) is 0 Å². The van der Waals surface area contributed by atoms with Gasteiger partial charge in [0, 0.05) is 18.9 Å². The molecule has 0 saturated carbocycles. The Morgan fingerprint density at radius 1 is 1.33 bits per heavy atom. The number of hydrogen-bond donors (Lipinski definition) is 1. The van der Waals surface area contributed by atoms with E-state index in [9.17, 15) is 0 Å². The van der Waals surface area contributed by atoms with Crippen molar-refractivity contribution in [3.05, 3.63) is 10.8 Å². The van der Waals surface area contributed by atoms with Gasteiger partial charge in [0.1, 0.15) is 10.8 Å². The molecule has 1 N–H and O–H groups in total. The van der Waals surface area contributed by atoms with Gasteiger partial charge in [-0.3, -0.25) is 0 Å². The molecule has 1 atom stereocenters. The van der Waals surface area contributed by atoms with Crippen molar-refractivity contribution in [3.63, 3.8) is 0 Å². The molecule has 0 saturated heterocycles. The minimum Gasteiger partial charge on any atom is -0.314 e. The van der Waals surface area contributed by atoms with Crippen LogP contribution in [0.4, 0.5) is 0 Å². The first-order valence-electron chi connectivity index (χ1n) is 5.81. The number of rotatable bonds is 7. The van der Waals surface area contributed by atoms with Crippen LogP contribution in [0.5, 0.6) is 0 Å². The molecule has 0 radical (unpaired) electrons. The highest BCUT2D eigenvalue weighted by Crippen LogP contribution is 2.08. The highest BCUT2D eigenvalue weighted by molar-refractivity contribution is 7.05. The van der Waals surface area contributed by atoms with Gasteiger partial charge >= 0.3 is 0 Å². The smallest absolute Gasteiger partial charge is 0.142 e. The predicted molar refractivity (Wildman–Crippen MR) is 65.4 cm³/mol. The fourth-order valence-electron chi connectivity index (χ4n) is 1.42. The van der Waals surface area contributed by atoms with Crippen molar-refractivity contribution in [1.82, 2.24) is 14.7 Å². The van der Waals surface area contributed by atoms with Gasteiger partial charge in [0.25, 0.3) is 0 Å². The Bertz CT molecular complexity index is 273. The second-order valence-corrected chi connectivity index (χ2v) is 4.75. The number of nitrogens with one attached hydrogen (secondary N) is 1. The zero-order valence-electron chi connectivity index (χ0n) is 9.92. The number of hydrogen-bond acceptors (Lipinski definition) is 4. The summed E-state index contributed by atoms with van der Waals surface area (Å²) in [5.74, 6) is 1.01. The fraction of sp³-hybridized carbons (Fsp3) is 0.818. The molecule has 86 valence electrons. The average Bonchev–Trinajstić information content (AvgIpc) is 2.63. The van der Waals surface area contributed by atoms with Crippen molar-refractivity contribution in [2.75, 3.05) is 6.54 Å². The van der Waals surface area contributed by atoms with E-state index in [-0.39, 0.29) is 0 Å². The van der Waals surface area contributed by atoms with Crippen molar-refractivity contribution in [1.29, 1.82) is 0 Å². The molecule has 0 fully saturated rings. The van der Waals surface area contributed by atoms with Gasteiger partial charge in [0.05, 0.1) is 0 Å². The molecule has 0 amide bonds. The summed E-state index contributed by atoms with van der Waals surface area (Å²) in [5.41, 5.74) is 0. The van der Waals surface area contributed by atoms with Crippen LogP contribution in [0.15, 0.2) is 0 Å².